The van der Waals surface area contributed by atoms with E-state index in [1.54, 1.807) is 0 Å². The molecule has 3 nitrogen and oxygen atoms in total. The Bertz CT molecular complexity index is 400. The molecule has 2 aliphatic rings. The predicted molar refractivity (Wildman–Crippen MR) is 73.4 cm³/mol. The molecule has 1 atom stereocenters. The molecule has 98 valence electrons. The maximum atomic E-state index is 4.16. The van der Waals surface area contributed by atoms with Gasteiger partial charge in [-0.1, -0.05) is 0 Å². The van der Waals surface area contributed by atoms with E-state index in [0.717, 1.165) is 18.5 Å². The molecule has 1 unspecified atom stereocenters. The molecule has 0 aromatic carbocycles. The van der Waals surface area contributed by atoms with Gasteiger partial charge >= 0.3 is 0 Å². The topological polar surface area (TPSA) is 28.2 Å². The molecule has 1 aliphatic carbocycles. The second-order valence-electron chi connectivity index (χ2n) is 5.87. The van der Waals surface area contributed by atoms with Crippen LogP contribution in [-0.2, 0) is 6.54 Å². The van der Waals surface area contributed by atoms with Gasteiger partial charge in [-0.3, -0.25) is 9.88 Å². The fourth-order valence-electron chi connectivity index (χ4n) is 2.76. The molecule has 3 heteroatoms. The molecule has 0 spiro atoms. The highest BCUT2D eigenvalue weighted by Gasteiger charge is 2.26. The molecular formula is C15H23N3. The Hall–Kier alpha value is -0.930. The van der Waals surface area contributed by atoms with Crippen LogP contribution in [0.2, 0.25) is 0 Å². The van der Waals surface area contributed by atoms with Crippen molar-refractivity contribution in [2.75, 3.05) is 19.6 Å². The number of likely N-dealkylation sites (tertiary alicyclic amines) is 1. The standard InChI is InChI=1S/C15H23N3/c1-12-8-16-6-4-14(12)11-18-7-5-13(10-18)9-17-15-2-3-15/h4,6,8,13,15,17H,2-3,5,7,9-11H2,1H3. The van der Waals surface area contributed by atoms with E-state index < -0.39 is 0 Å². The van der Waals surface area contributed by atoms with Crippen LogP contribution in [0.5, 0.6) is 0 Å². The van der Waals surface area contributed by atoms with E-state index in [2.05, 4.69) is 28.2 Å². The molecule has 1 saturated heterocycles. The fourth-order valence-corrected chi connectivity index (χ4v) is 2.76. The minimum absolute atomic E-state index is 0.849. The van der Waals surface area contributed by atoms with Crippen molar-refractivity contribution in [2.45, 2.75) is 38.8 Å². The van der Waals surface area contributed by atoms with Gasteiger partial charge in [0.05, 0.1) is 0 Å². The monoisotopic (exact) mass is 245 g/mol. The number of aromatic nitrogens is 1. The van der Waals surface area contributed by atoms with Gasteiger partial charge in [-0.05, 0) is 62.4 Å². The zero-order valence-corrected chi connectivity index (χ0v) is 11.2. The van der Waals surface area contributed by atoms with Crippen LogP contribution < -0.4 is 5.32 Å². The van der Waals surface area contributed by atoms with Crippen molar-refractivity contribution < 1.29 is 0 Å². The summed E-state index contributed by atoms with van der Waals surface area (Å²) in [6, 6.07) is 3.01. The van der Waals surface area contributed by atoms with Gasteiger partial charge in [-0.15, -0.1) is 0 Å². The average molecular weight is 245 g/mol. The van der Waals surface area contributed by atoms with Crippen LogP contribution >= 0.6 is 0 Å². The Kier molecular flexibility index (Phi) is 3.62. The number of nitrogens with one attached hydrogen (secondary N) is 1. The van der Waals surface area contributed by atoms with Crippen LogP contribution in [0.4, 0.5) is 0 Å². The van der Waals surface area contributed by atoms with Gasteiger partial charge in [0.25, 0.3) is 0 Å². The van der Waals surface area contributed by atoms with E-state index in [1.807, 2.05) is 12.4 Å². The van der Waals surface area contributed by atoms with Crippen LogP contribution in [0, 0.1) is 12.8 Å². The highest BCUT2D eigenvalue weighted by Crippen LogP contribution is 2.22. The van der Waals surface area contributed by atoms with Crippen LogP contribution in [0.1, 0.15) is 30.4 Å². The Balaban J connectivity index is 1.48. The summed E-state index contributed by atoms with van der Waals surface area (Å²) in [5.74, 6) is 0.854. The van der Waals surface area contributed by atoms with Crippen molar-refractivity contribution in [3.05, 3.63) is 29.6 Å². The predicted octanol–water partition coefficient (Wildman–Crippen LogP) is 1.96. The quantitative estimate of drug-likeness (QED) is 0.859. The summed E-state index contributed by atoms with van der Waals surface area (Å²) in [5, 5.41) is 3.66. The third-order valence-electron chi connectivity index (χ3n) is 4.17. The number of hydrogen-bond donors (Lipinski definition) is 1. The molecule has 1 N–H and O–H groups in total. The van der Waals surface area contributed by atoms with E-state index in [4.69, 9.17) is 0 Å². The van der Waals surface area contributed by atoms with Crippen molar-refractivity contribution in [3.63, 3.8) is 0 Å². The maximum Gasteiger partial charge on any atom is 0.0300 e. The number of rotatable bonds is 5. The molecule has 3 rings (SSSR count). The first-order valence-corrected chi connectivity index (χ1v) is 7.16. The summed E-state index contributed by atoms with van der Waals surface area (Å²) in [7, 11) is 0. The zero-order chi connectivity index (χ0) is 12.4. The first kappa shape index (κ1) is 12.1. The van der Waals surface area contributed by atoms with Crippen molar-refractivity contribution >= 4 is 0 Å². The number of nitrogens with zero attached hydrogens (tertiary/aromatic N) is 2. The molecular weight excluding hydrogens is 222 g/mol. The minimum atomic E-state index is 0.849. The summed E-state index contributed by atoms with van der Waals surface area (Å²) in [5.41, 5.74) is 2.75. The Labute approximate surface area is 110 Å². The van der Waals surface area contributed by atoms with E-state index >= 15 is 0 Å². The summed E-state index contributed by atoms with van der Waals surface area (Å²) >= 11 is 0. The molecule has 0 radical (unpaired) electrons. The molecule has 0 amide bonds. The average Bonchev–Trinajstić information content (AvgIpc) is 3.10. The van der Waals surface area contributed by atoms with Crippen LogP contribution in [0.15, 0.2) is 18.5 Å². The van der Waals surface area contributed by atoms with E-state index in [0.29, 0.717) is 0 Å². The first-order chi connectivity index (χ1) is 8.81. The van der Waals surface area contributed by atoms with Crippen LogP contribution in [0.3, 0.4) is 0 Å². The van der Waals surface area contributed by atoms with Crippen molar-refractivity contribution in [2.24, 2.45) is 5.92 Å². The van der Waals surface area contributed by atoms with E-state index in [9.17, 15) is 0 Å². The van der Waals surface area contributed by atoms with Gasteiger partial charge in [0.2, 0.25) is 0 Å². The number of pyridine rings is 1. The van der Waals surface area contributed by atoms with Gasteiger partial charge < -0.3 is 5.32 Å². The van der Waals surface area contributed by atoms with Crippen LogP contribution in [-0.4, -0.2) is 35.6 Å². The second-order valence-corrected chi connectivity index (χ2v) is 5.87. The first-order valence-electron chi connectivity index (χ1n) is 7.16. The molecule has 2 heterocycles. The lowest BCUT2D eigenvalue weighted by Crippen LogP contribution is -2.27. The SMILES string of the molecule is Cc1cnccc1CN1CCC(CNC2CC2)C1. The molecule has 2 fully saturated rings. The van der Waals surface area contributed by atoms with Crippen molar-refractivity contribution in [3.8, 4) is 0 Å². The Morgan fingerprint density at radius 2 is 2.28 bits per heavy atom. The van der Waals surface area contributed by atoms with Crippen molar-refractivity contribution in [1.82, 2.24) is 15.2 Å². The van der Waals surface area contributed by atoms with Gasteiger partial charge in [-0.2, -0.15) is 0 Å². The lowest BCUT2D eigenvalue weighted by molar-refractivity contribution is 0.313. The Morgan fingerprint density at radius 1 is 1.39 bits per heavy atom. The van der Waals surface area contributed by atoms with E-state index in [-0.39, 0.29) is 0 Å². The molecule has 18 heavy (non-hydrogen) atoms. The molecule has 0 bridgehead atoms. The Morgan fingerprint density at radius 3 is 3.06 bits per heavy atom. The lowest BCUT2D eigenvalue weighted by Gasteiger charge is -2.17. The summed E-state index contributed by atoms with van der Waals surface area (Å²) in [6.45, 7) is 6.97. The molecule has 1 saturated carbocycles. The minimum Gasteiger partial charge on any atom is -0.314 e. The molecule has 1 aromatic heterocycles. The summed E-state index contributed by atoms with van der Waals surface area (Å²) in [6.07, 6.45) is 8.02. The lowest BCUT2D eigenvalue weighted by atomic mass is 10.1. The summed E-state index contributed by atoms with van der Waals surface area (Å²) < 4.78 is 0. The fraction of sp³-hybridized carbons (Fsp3) is 0.667. The smallest absolute Gasteiger partial charge is 0.0300 e. The van der Waals surface area contributed by atoms with Gasteiger partial charge in [0, 0.05) is 31.5 Å². The molecule has 1 aromatic rings. The molecule has 1 aliphatic heterocycles. The van der Waals surface area contributed by atoms with Gasteiger partial charge in [-0.25, -0.2) is 0 Å². The zero-order valence-electron chi connectivity index (χ0n) is 11.2. The maximum absolute atomic E-state index is 4.16. The third kappa shape index (κ3) is 3.09. The highest BCUT2D eigenvalue weighted by molar-refractivity contribution is 5.21. The largest absolute Gasteiger partial charge is 0.314 e. The normalized spacial score (nSPS) is 24.6. The number of hydrogen-bond acceptors (Lipinski definition) is 3. The van der Waals surface area contributed by atoms with Gasteiger partial charge in [0.15, 0.2) is 0 Å². The van der Waals surface area contributed by atoms with Crippen LogP contribution in [0.25, 0.3) is 0 Å². The van der Waals surface area contributed by atoms with Crippen molar-refractivity contribution in [1.29, 1.82) is 0 Å². The highest BCUT2D eigenvalue weighted by atomic mass is 15.1. The third-order valence-corrected chi connectivity index (χ3v) is 4.17. The second kappa shape index (κ2) is 5.37. The number of aryl methyl sites for hydroxylation is 1. The van der Waals surface area contributed by atoms with Gasteiger partial charge in [0.1, 0.15) is 0 Å². The van der Waals surface area contributed by atoms with E-state index in [1.165, 1.54) is 50.0 Å². The summed E-state index contributed by atoms with van der Waals surface area (Å²) in [4.78, 5) is 6.75.